The molecule has 1 saturated heterocycles. The lowest BCUT2D eigenvalue weighted by Gasteiger charge is -2.31. The summed E-state index contributed by atoms with van der Waals surface area (Å²) in [6.07, 6.45) is 3.77. The number of piperidine rings is 1. The molecule has 0 aliphatic carbocycles. The van der Waals surface area contributed by atoms with E-state index in [4.69, 9.17) is 23.1 Å². The van der Waals surface area contributed by atoms with Crippen LogP contribution in [-0.4, -0.2) is 40.4 Å². The van der Waals surface area contributed by atoms with Gasteiger partial charge >= 0.3 is 0 Å². The highest BCUT2D eigenvalue weighted by Gasteiger charge is 2.21. The number of carbonyl (C=O) groups excluding carboxylic acids is 1. The Morgan fingerprint density at radius 2 is 2.03 bits per heavy atom. The number of anilines is 2. The Labute approximate surface area is 194 Å². The minimum absolute atomic E-state index is 0.0321. The predicted molar refractivity (Wildman–Crippen MR) is 126 cm³/mol. The summed E-state index contributed by atoms with van der Waals surface area (Å²) >= 11 is 7.44. The largest absolute Gasteiger partial charge is 0.397 e. The first kappa shape index (κ1) is 22.4. The fourth-order valence-corrected chi connectivity index (χ4v) is 4.88. The van der Waals surface area contributed by atoms with E-state index in [-0.39, 0.29) is 33.9 Å². The molecule has 0 spiro atoms. The Kier molecular flexibility index (Phi) is 6.88. The zero-order valence-electron chi connectivity index (χ0n) is 17.4. The number of nitrogens with zero attached hydrogens (tertiary/aromatic N) is 3. The second-order valence-electron chi connectivity index (χ2n) is 7.84. The lowest BCUT2D eigenvalue weighted by atomic mass is 9.96. The van der Waals surface area contributed by atoms with Crippen molar-refractivity contribution in [2.75, 3.05) is 31.1 Å². The van der Waals surface area contributed by atoms with Gasteiger partial charge in [0.05, 0.1) is 11.4 Å². The van der Waals surface area contributed by atoms with Gasteiger partial charge in [-0.25, -0.2) is 14.4 Å². The molecule has 5 N–H and O–H groups in total. The number of carbonyl (C=O) groups is 1. The van der Waals surface area contributed by atoms with Crippen LogP contribution in [0.15, 0.2) is 36.5 Å². The van der Waals surface area contributed by atoms with Gasteiger partial charge in [0, 0.05) is 29.7 Å². The molecule has 4 rings (SSSR count). The number of nitrogens with two attached hydrogens (primary N) is 2. The van der Waals surface area contributed by atoms with Crippen molar-refractivity contribution in [3.8, 4) is 10.6 Å². The van der Waals surface area contributed by atoms with E-state index in [0.717, 1.165) is 37.4 Å². The molecule has 0 bridgehead atoms. The van der Waals surface area contributed by atoms with Crippen molar-refractivity contribution >= 4 is 40.2 Å². The molecule has 32 heavy (non-hydrogen) atoms. The van der Waals surface area contributed by atoms with Crippen LogP contribution in [0.4, 0.5) is 15.8 Å². The number of likely N-dealkylation sites (tertiary alicyclic amines) is 1. The zero-order chi connectivity index (χ0) is 22.7. The van der Waals surface area contributed by atoms with Crippen LogP contribution in [0.3, 0.4) is 0 Å². The normalized spacial score (nSPS) is 15.1. The summed E-state index contributed by atoms with van der Waals surface area (Å²) in [6, 6.07) is 8.13. The molecule has 1 aromatic carbocycles. The van der Waals surface area contributed by atoms with Crippen molar-refractivity contribution in [1.82, 2.24) is 20.2 Å². The maximum absolute atomic E-state index is 14.0. The molecule has 0 unspecified atom stereocenters. The fraction of sp³-hybridized carbons (Fsp3) is 0.318. The summed E-state index contributed by atoms with van der Waals surface area (Å²) in [6.45, 7) is 3.20. The summed E-state index contributed by atoms with van der Waals surface area (Å²) < 4.78 is 14.0. The van der Waals surface area contributed by atoms with Gasteiger partial charge in [0.15, 0.2) is 5.15 Å². The first-order valence-corrected chi connectivity index (χ1v) is 11.5. The number of nitrogen functional groups attached to an aromatic ring is 2. The molecule has 1 fully saturated rings. The van der Waals surface area contributed by atoms with Crippen molar-refractivity contribution in [3.05, 3.63) is 58.1 Å². The quantitative estimate of drug-likeness (QED) is 0.468. The Balaban J connectivity index is 1.25. The number of halogens is 2. The summed E-state index contributed by atoms with van der Waals surface area (Å²) in [5.41, 5.74) is 12.6. The van der Waals surface area contributed by atoms with E-state index >= 15 is 0 Å². The molecule has 168 valence electrons. The van der Waals surface area contributed by atoms with E-state index in [1.54, 1.807) is 12.1 Å². The van der Waals surface area contributed by atoms with Crippen molar-refractivity contribution in [2.45, 2.75) is 19.4 Å². The molecule has 0 atom stereocenters. The van der Waals surface area contributed by atoms with Crippen LogP contribution in [0.1, 0.15) is 28.2 Å². The van der Waals surface area contributed by atoms with Gasteiger partial charge in [-0.3, -0.25) is 9.69 Å². The van der Waals surface area contributed by atoms with Crippen LogP contribution >= 0.6 is 22.9 Å². The SMILES string of the molecule is Nc1cc(C(=O)NCC2CCN(Cc3cnc(-c4ccccc4F)s3)CC2)nc(Cl)c1N. The van der Waals surface area contributed by atoms with Gasteiger partial charge in [0.25, 0.3) is 5.91 Å². The highest BCUT2D eigenvalue weighted by atomic mass is 35.5. The Morgan fingerprint density at radius 3 is 2.75 bits per heavy atom. The van der Waals surface area contributed by atoms with E-state index in [0.29, 0.717) is 23.0 Å². The van der Waals surface area contributed by atoms with Crippen molar-refractivity contribution in [3.63, 3.8) is 0 Å². The molecule has 2 aromatic heterocycles. The summed E-state index contributed by atoms with van der Waals surface area (Å²) in [4.78, 5) is 24.2. The Morgan fingerprint density at radius 1 is 1.28 bits per heavy atom. The van der Waals surface area contributed by atoms with Crippen molar-refractivity contribution in [1.29, 1.82) is 0 Å². The number of aromatic nitrogens is 2. The number of nitrogens with one attached hydrogen (secondary N) is 1. The summed E-state index contributed by atoms with van der Waals surface area (Å²) in [5.74, 6) is -0.186. The molecule has 0 saturated carbocycles. The van der Waals surface area contributed by atoms with Crippen molar-refractivity contribution < 1.29 is 9.18 Å². The van der Waals surface area contributed by atoms with Gasteiger partial charge in [0.1, 0.15) is 16.5 Å². The predicted octanol–water partition coefficient (Wildman–Crippen LogP) is 3.80. The van der Waals surface area contributed by atoms with Gasteiger partial charge in [0.2, 0.25) is 0 Å². The monoisotopic (exact) mass is 474 g/mol. The number of pyridine rings is 1. The van der Waals surface area contributed by atoms with Gasteiger partial charge in [-0.1, -0.05) is 23.7 Å². The first-order valence-electron chi connectivity index (χ1n) is 10.3. The van der Waals surface area contributed by atoms with E-state index in [2.05, 4.69) is 20.2 Å². The van der Waals surface area contributed by atoms with Crippen LogP contribution in [-0.2, 0) is 6.54 Å². The van der Waals surface area contributed by atoms with Crippen LogP contribution < -0.4 is 16.8 Å². The smallest absolute Gasteiger partial charge is 0.270 e. The average molecular weight is 475 g/mol. The third-order valence-electron chi connectivity index (χ3n) is 5.57. The molecule has 3 aromatic rings. The lowest BCUT2D eigenvalue weighted by molar-refractivity contribution is 0.0930. The van der Waals surface area contributed by atoms with Gasteiger partial charge in [-0.05, 0) is 50.0 Å². The molecular formula is C22H24ClFN6OS. The molecule has 1 aliphatic rings. The molecule has 0 radical (unpaired) electrons. The second-order valence-corrected chi connectivity index (χ2v) is 9.32. The van der Waals surface area contributed by atoms with E-state index in [1.165, 1.54) is 23.5 Å². The van der Waals surface area contributed by atoms with E-state index in [9.17, 15) is 9.18 Å². The Bertz CT molecular complexity index is 1090. The number of hydrogen-bond acceptors (Lipinski definition) is 7. The molecule has 10 heteroatoms. The topological polar surface area (TPSA) is 110 Å². The van der Waals surface area contributed by atoms with Crippen LogP contribution in [0, 0.1) is 11.7 Å². The van der Waals surface area contributed by atoms with Crippen LogP contribution in [0.2, 0.25) is 5.15 Å². The fourth-order valence-electron chi connectivity index (χ4n) is 3.70. The van der Waals surface area contributed by atoms with Gasteiger partial charge in [-0.15, -0.1) is 11.3 Å². The maximum Gasteiger partial charge on any atom is 0.270 e. The van der Waals surface area contributed by atoms with Gasteiger partial charge in [-0.2, -0.15) is 0 Å². The highest BCUT2D eigenvalue weighted by Crippen LogP contribution is 2.29. The minimum atomic E-state index is -0.314. The molecule has 7 nitrogen and oxygen atoms in total. The molecule has 1 aliphatic heterocycles. The standard InChI is InChI=1S/C22H24ClFN6OS/c23-20-19(26)17(25)9-18(29-20)21(31)27-10-13-5-7-30(8-6-13)12-14-11-28-22(32-14)15-3-1-2-4-16(15)24/h1-4,9,11,13H,5-8,10,12,26H2,(H2,25,29)(H,27,31). The van der Waals surface area contributed by atoms with Gasteiger partial charge < -0.3 is 16.8 Å². The van der Waals surface area contributed by atoms with Crippen LogP contribution in [0.25, 0.3) is 10.6 Å². The van der Waals surface area contributed by atoms with E-state index in [1.807, 2.05) is 12.3 Å². The number of rotatable bonds is 6. The molecule has 1 amide bonds. The summed E-state index contributed by atoms with van der Waals surface area (Å²) in [7, 11) is 0. The third-order valence-corrected chi connectivity index (χ3v) is 6.88. The molecule has 3 heterocycles. The number of benzene rings is 1. The second kappa shape index (κ2) is 9.81. The zero-order valence-corrected chi connectivity index (χ0v) is 18.9. The number of amides is 1. The van der Waals surface area contributed by atoms with E-state index < -0.39 is 0 Å². The van der Waals surface area contributed by atoms with Crippen LogP contribution in [0.5, 0.6) is 0 Å². The minimum Gasteiger partial charge on any atom is -0.397 e. The highest BCUT2D eigenvalue weighted by molar-refractivity contribution is 7.15. The Hall–Kier alpha value is -2.75. The molecular weight excluding hydrogens is 451 g/mol. The number of hydrogen-bond donors (Lipinski definition) is 3. The lowest BCUT2D eigenvalue weighted by Crippen LogP contribution is -2.38. The van der Waals surface area contributed by atoms with Crippen molar-refractivity contribution in [2.24, 2.45) is 5.92 Å². The maximum atomic E-state index is 14.0. The summed E-state index contributed by atoms with van der Waals surface area (Å²) in [5, 5.41) is 3.65. The average Bonchev–Trinajstić information content (AvgIpc) is 3.25. The number of thiazole rings is 1. The third kappa shape index (κ3) is 5.17. The first-order chi connectivity index (χ1) is 15.4.